The molecule has 1 aliphatic rings. The summed E-state index contributed by atoms with van der Waals surface area (Å²) in [5.41, 5.74) is 0.900. The lowest BCUT2D eigenvalue weighted by molar-refractivity contribution is -0.0569. The molecule has 2 amide bonds. The molecule has 0 aromatic rings. The van der Waals surface area contributed by atoms with Crippen molar-refractivity contribution in [2.45, 2.75) is 46.1 Å². The molecule has 0 radical (unpaired) electrons. The first-order chi connectivity index (χ1) is 7.49. The smallest absolute Gasteiger partial charge is 0.328 e. The number of carbonyl (C=O) groups is 1. The van der Waals surface area contributed by atoms with Crippen molar-refractivity contribution in [3.05, 3.63) is 11.8 Å². The highest BCUT2D eigenvalue weighted by Crippen LogP contribution is 2.21. The number of carbonyl (C=O) groups excluding carboxylic acids is 1. The maximum Gasteiger partial charge on any atom is 0.328 e. The second kappa shape index (κ2) is 5.32. The molecule has 0 spiro atoms. The van der Waals surface area contributed by atoms with E-state index in [9.17, 15) is 15.0 Å². The lowest BCUT2D eigenvalue weighted by Gasteiger charge is -2.18. The number of hydrogen-bond donors (Lipinski definition) is 2. The van der Waals surface area contributed by atoms with Crippen LogP contribution in [0.2, 0.25) is 0 Å². The number of hydrogen-bond acceptors (Lipinski definition) is 3. The number of amides is 2. The lowest BCUT2D eigenvalue weighted by atomic mass is 10.3. The van der Waals surface area contributed by atoms with Crippen LogP contribution in [0.15, 0.2) is 11.8 Å². The largest absolute Gasteiger partial charge is 0.369 e. The Balaban J connectivity index is 2.77. The van der Waals surface area contributed by atoms with Crippen LogP contribution < -0.4 is 0 Å². The lowest BCUT2D eigenvalue weighted by Crippen LogP contribution is -2.37. The number of aliphatic hydroxyl groups is 2. The van der Waals surface area contributed by atoms with Gasteiger partial charge in [-0.05, 0) is 20.3 Å². The van der Waals surface area contributed by atoms with Gasteiger partial charge in [-0.25, -0.2) is 4.79 Å². The summed E-state index contributed by atoms with van der Waals surface area (Å²) in [6.45, 7) is 6.15. The van der Waals surface area contributed by atoms with E-state index < -0.39 is 12.5 Å². The molecule has 2 atom stereocenters. The second-order valence-corrected chi connectivity index (χ2v) is 4.27. The third kappa shape index (κ3) is 2.54. The van der Waals surface area contributed by atoms with Gasteiger partial charge in [0, 0.05) is 12.7 Å². The Morgan fingerprint density at radius 1 is 1.38 bits per heavy atom. The van der Waals surface area contributed by atoms with E-state index in [2.05, 4.69) is 0 Å². The zero-order chi connectivity index (χ0) is 12.3. The third-order valence-corrected chi connectivity index (χ3v) is 2.49. The van der Waals surface area contributed by atoms with Crippen LogP contribution in [0.25, 0.3) is 0 Å². The number of urea groups is 1. The van der Waals surface area contributed by atoms with Crippen molar-refractivity contribution in [1.82, 2.24) is 9.80 Å². The van der Waals surface area contributed by atoms with Crippen molar-refractivity contribution in [2.24, 2.45) is 0 Å². The summed E-state index contributed by atoms with van der Waals surface area (Å²) in [6.07, 6.45) is 1.02. The predicted octanol–water partition coefficient (Wildman–Crippen LogP) is 1.08. The highest BCUT2D eigenvalue weighted by atomic mass is 16.4. The van der Waals surface area contributed by atoms with Gasteiger partial charge in [-0.2, -0.15) is 0 Å². The van der Waals surface area contributed by atoms with Gasteiger partial charge in [0.2, 0.25) is 0 Å². The molecule has 5 nitrogen and oxygen atoms in total. The first kappa shape index (κ1) is 13.0. The molecular formula is C11H20N2O3. The molecule has 2 N–H and O–H groups in total. The standard InChI is InChI=1S/C11H20N2O3/c1-4-5-6-12-9(14)10(15)13(11(12)16)7-8(2)3/h7,9-10,14-15H,4-6H2,1-3H3. The highest BCUT2D eigenvalue weighted by Gasteiger charge is 2.42. The maximum atomic E-state index is 11.9. The van der Waals surface area contributed by atoms with E-state index in [1.165, 1.54) is 9.80 Å². The topological polar surface area (TPSA) is 64.0 Å². The van der Waals surface area contributed by atoms with Crippen LogP contribution in [0, 0.1) is 0 Å². The fraction of sp³-hybridized carbons (Fsp3) is 0.727. The number of unbranched alkanes of at least 4 members (excludes halogenated alkanes) is 1. The van der Waals surface area contributed by atoms with Crippen LogP contribution in [0.5, 0.6) is 0 Å². The van der Waals surface area contributed by atoms with Crippen LogP contribution in [-0.2, 0) is 0 Å². The first-order valence-electron chi connectivity index (χ1n) is 5.59. The molecule has 1 heterocycles. The van der Waals surface area contributed by atoms with Gasteiger partial charge < -0.3 is 10.2 Å². The highest BCUT2D eigenvalue weighted by molar-refractivity contribution is 5.78. The molecule has 1 aliphatic heterocycles. The van der Waals surface area contributed by atoms with Gasteiger partial charge in [0.05, 0.1) is 0 Å². The minimum atomic E-state index is -1.17. The number of nitrogens with zero attached hydrogens (tertiary/aromatic N) is 2. The van der Waals surface area contributed by atoms with Crippen molar-refractivity contribution in [2.75, 3.05) is 6.54 Å². The van der Waals surface area contributed by atoms with Crippen LogP contribution in [0.3, 0.4) is 0 Å². The maximum absolute atomic E-state index is 11.9. The Morgan fingerprint density at radius 3 is 2.50 bits per heavy atom. The van der Waals surface area contributed by atoms with Crippen molar-refractivity contribution >= 4 is 6.03 Å². The van der Waals surface area contributed by atoms with Crippen molar-refractivity contribution in [3.63, 3.8) is 0 Å². The molecule has 16 heavy (non-hydrogen) atoms. The zero-order valence-electron chi connectivity index (χ0n) is 10.1. The molecule has 0 aromatic carbocycles. The fourth-order valence-corrected chi connectivity index (χ4v) is 1.65. The molecule has 1 saturated heterocycles. The molecule has 2 unspecified atom stereocenters. The third-order valence-electron chi connectivity index (χ3n) is 2.49. The van der Waals surface area contributed by atoms with Gasteiger partial charge in [-0.3, -0.25) is 9.80 Å². The SMILES string of the molecule is CCCCN1C(=O)N(C=C(C)C)C(O)C1O. The summed E-state index contributed by atoms with van der Waals surface area (Å²) in [5, 5.41) is 19.4. The molecular weight excluding hydrogens is 208 g/mol. The molecule has 0 aliphatic carbocycles. The Labute approximate surface area is 96.0 Å². The minimum Gasteiger partial charge on any atom is -0.369 e. The van der Waals surface area contributed by atoms with Crippen LogP contribution in [-0.4, -0.2) is 45.0 Å². The monoisotopic (exact) mass is 228 g/mol. The zero-order valence-corrected chi connectivity index (χ0v) is 10.1. The van der Waals surface area contributed by atoms with E-state index >= 15 is 0 Å². The van der Waals surface area contributed by atoms with Gasteiger partial charge >= 0.3 is 6.03 Å². The fourth-order valence-electron chi connectivity index (χ4n) is 1.65. The van der Waals surface area contributed by atoms with Crippen molar-refractivity contribution in [3.8, 4) is 0 Å². The molecule has 0 bridgehead atoms. The van der Waals surface area contributed by atoms with Gasteiger partial charge in [-0.1, -0.05) is 18.9 Å². The number of rotatable bonds is 4. The van der Waals surface area contributed by atoms with Gasteiger partial charge in [-0.15, -0.1) is 0 Å². The van der Waals surface area contributed by atoms with Gasteiger partial charge in [0.25, 0.3) is 0 Å². The Morgan fingerprint density at radius 2 is 2.00 bits per heavy atom. The van der Waals surface area contributed by atoms with Crippen molar-refractivity contribution < 1.29 is 15.0 Å². The van der Waals surface area contributed by atoms with Crippen molar-refractivity contribution in [1.29, 1.82) is 0 Å². The average molecular weight is 228 g/mol. The summed E-state index contributed by atoms with van der Waals surface area (Å²) in [6, 6.07) is -0.338. The summed E-state index contributed by atoms with van der Waals surface area (Å²) in [5.74, 6) is 0. The van der Waals surface area contributed by atoms with Gasteiger partial charge in [0.15, 0.2) is 12.5 Å². The summed E-state index contributed by atoms with van der Waals surface area (Å²) >= 11 is 0. The molecule has 1 rings (SSSR count). The van der Waals surface area contributed by atoms with E-state index in [0.717, 1.165) is 18.4 Å². The quantitative estimate of drug-likeness (QED) is 0.757. The molecule has 0 aromatic heterocycles. The average Bonchev–Trinajstić information content (AvgIpc) is 2.41. The van der Waals surface area contributed by atoms with E-state index in [1.807, 2.05) is 20.8 Å². The van der Waals surface area contributed by atoms with E-state index in [-0.39, 0.29) is 6.03 Å². The second-order valence-electron chi connectivity index (χ2n) is 4.27. The number of aliphatic hydroxyl groups excluding tert-OH is 2. The number of allylic oxidation sites excluding steroid dienone is 1. The van der Waals surface area contributed by atoms with Crippen LogP contribution in [0.1, 0.15) is 33.6 Å². The van der Waals surface area contributed by atoms with Crippen LogP contribution >= 0.6 is 0 Å². The van der Waals surface area contributed by atoms with E-state index in [1.54, 1.807) is 6.20 Å². The Bertz CT molecular complexity index is 287. The summed E-state index contributed by atoms with van der Waals surface area (Å²) in [7, 11) is 0. The molecule has 5 heteroatoms. The minimum absolute atomic E-state index is 0.338. The van der Waals surface area contributed by atoms with E-state index in [4.69, 9.17) is 0 Å². The summed E-state index contributed by atoms with van der Waals surface area (Å²) in [4.78, 5) is 14.3. The normalized spacial score (nSPS) is 25.2. The predicted molar refractivity (Wildman–Crippen MR) is 60.3 cm³/mol. The molecule has 1 fully saturated rings. The van der Waals surface area contributed by atoms with E-state index in [0.29, 0.717) is 6.54 Å². The Kier molecular flexibility index (Phi) is 4.32. The van der Waals surface area contributed by atoms with Crippen LogP contribution in [0.4, 0.5) is 4.79 Å². The molecule has 0 saturated carbocycles. The first-order valence-corrected chi connectivity index (χ1v) is 5.59. The van der Waals surface area contributed by atoms with Gasteiger partial charge in [0.1, 0.15) is 0 Å². The Hall–Kier alpha value is -1.07. The molecule has 92 valence electrons. The summed E-state index contributed by atoms with van der Waals surface area (Å²) < 4.78 is 0.